The predicted molar refractivity (Wildman–Crippen MR) is 72.9 cm³/mol. The summed E-state index contributed by atoms with van der Waals surface area (Å²) in [6, 6.07) is 15.6. The van der Waals surface area contributed by atoms with E-state index < -0.39 is 0 Å². The van der Waals surface area contributed by atoms with Crippen LogP contribution in [0.5, 0.6) is 5.75 Å². The largest absolute Gasteiger partial charge is 0.508 e. The molecule has 0 saturated carbocycles. The quantitative estimate of drug-likeness (QED) is 0.865. The summed E-state index contributed by atoms with van der Waals surface area (Å²) in [5.74, 6) is 0.456. The molecule has 18 heavy (non-hydrogen) atoms. The molecule has 0 aliphatic rings. The Balaban J connectivity index is 2.35. The minimum Gasteiger partial charge on any atom is -0.508 e. The van der Waals surface area contributed by atoms with Gasteiger partial charge in [0.2, 0.25) is 0 Å². The monoisotopic (exact) mass is 242 g/mol. The molecule has 2 aromatic rings. The number of benzene rings is 2. The van der Waals surface area contributed by atoms with Gasteiger partial charge in [-0.05, 0) is 23.6 Å². The van der Waals surface area contributed by atoms with Crippen molar-refractivity contribution < 1.29 is 10.2 Å². The molecule has 0 saturated heterocycles. The molecular formula is C16H18O2. The molecule has 2 rings (SSSR count). The molecule has 2 N–H and O–H groups in total. The molecule has 0 fully saturated rings. The Labute approximate surface area is 108 Å². The van der Waals surface area contributed by atoms with E-state index in [0.29, 0.717) is 12.2 Å². The van der Waals surface area contributed by atoms with Crippen LogP contribution in [-0.4, -0.2) is 16.8 Å². The minimum absolute atomic E-state index is 0.129. The van der Waals surface area contributed by atoms with Crippen molar-refractivity contribution in [2.24, 2.45) is 0 Å². The standard InChI is InChI=1S/C16H18O2/c1-12(14-5-3-2-4-6-14)15-11-13(9-10-17)7-8-16(15)18/h2-8,11-12,17-18H,9-10H2,1H3. The smallest absolute Gasteiger partial charge is 0.119 e. The minimum atomic E-state index is 0.129. The maximum absolute atomic E-state index is 9.97. The third-order valence-electron chi connectivity index (χ3n) is 3.26. The van der Waals surface area contributed by atoms with E-state index >= 15 is 0 Å². The van der Waals surface area contributed by atoms with Crippen LogP contribution in [0.1, 0.15) is 29.5 Å². The summed E-state index contributed by atoms with van der Waals surface area (Å²) < 4.78 is 0. The molecule has 0 aliphatic carbocycles. The molecular weight excluding hydrogens is 224 g/mol. The number of phenolic OH excluding ortho intramolecular Hbond substituents is 1. The maximum atomic E-state index is 9.97. The van der Waals surface area contributed by atoms with Crippen LogP contribution in [0.4, 0.5) is 0 Å². The highest BCUT2D eigenvalue weighted by Crippen LogP contribution is 2.31. The number of aliphatic hydroxyl groups is 1. The van der Waals surface area contributed by atoms with Crippen LogP contribution in [0, 0.1) is 0 Å². The predicted octanol–water partition coefficient (Wildman–Crippen LogP) is 3.08. The Morgan fingerprint density at radius 1 is 1.06 bits per heavy atom. The van der Waals surface area contributed by atoms with Crippen molar-refractivity contribution in [3.05, 3.63) is 65.2 Å². The summed E-state index contributed by atoms with van der Waals surface area (Å²) in [5, 5.41) is 18.9. The van der Waals surface area contributed by atoms with Crippen LogP contribution in [0.3, 0.4) is 0 Å². The van der Waals surface area contributed by atoms with Gasteiger partial charge in [0.15, 0.2) is 0 Å². The van der Waals surface area contributed by atoms with Gasteiger partial charge in [0.25, 0.3) is 0 Å². The van der Waals surface area contributed by atoms with Crippen molar-refractivity contribution in [3.63, 3.8) is 0 Å². The highest BCUT2D eigenvalue weighted by atomic mass is 16.3. The lowest BCUT2D eigenvalue weighted by Crippen LogP contribution is -1.99. The van der Waals surface area contributed by atoms with Gasteiger partial charge in [-0.1, -0.05) is 49.4 Å². The van der Waals surface area contributed by atoms with Crippen molar-refractivity contribution in [2.75, 3.05) is 6.61 Å². The summed E-state index contributed by atoms with van der Waals surface area (Å²) in [7, 11) is 0. The zero-order valence-electron chi connectivity index (χ0n) is 10.5. The van der Waals surface area contributed by atoms with Gasteiger partial charge in [-0.25, -0.2) is 0 Å². The van der Waals surface area contributed by atoms with Crippen LogP contribution >= 0.6 is 0 Å². The number of aliphatic hydroxyl groups excluding tert-OH is 1. The molecule has 0 aliphatic heterocycles. The van der Waals surface area contributed by atoms with Crippen molar-refractivity contribution in [2.45, 2.75) is 19.3 Å². The third kappa shape index (κ3) is 2.71. The first-order valence-electron chi connectivity index (χ1n) is 6.20. The Bertz CT molecular complexity index is 506. The van der Waals surface area contributed by atoms with E-state index in [2.05, 4.69) is 19.1 Å². The SMILES string of the molecule is CC(c1ccccc1)c1cc(CCO)ccc1O. The van der Waals surface area contributed by atoms with Crippen molar-refractivity contribution in [1.29, 1.82) is 0 Å². The Hall–Kier alpha value is -1.80. The van der Waals surface area contributed by atoms with Crippen LogP contribution in [0.15, 0.2) is 48.5 Å². The Morgan fingerprint density at radius 2 is 1.78 bits per heavy atom. The second-order valence-corrected chi connectivity index (χ2v) is 4.50. The second kappa shape index (κ2) is 5.69. The lowest BCUT2D eigenvalue weighted by molar-refractivity contribution is 0.299. The molecule has 0 spiro atoms. The fourth-order valence-corrected chi connectivity index (χ4v) is 2.16. The lowest BCUT2D eigenvalue weighted by atomic mass is 9.91. The van der Waals surface area contributed by atoms with E-state index in [9.17, 15) is 5.11 Å². The fraction of sp³-hybridized carbons (Fsp3) is 0.250. The first-order valence-corrected chi connectivity index (χ1v) is 6.20. The van der Waals surface area contributed by atoms with E-state index in [1.807, 2.05) is 30.3 Å². The summed E-state index contributed by atoms with van der Waals surface area (Å²) in [6.07, 6.45) is 0.620. The number of rotatable bonds is 4. The zero-order chi connectivity index (χ0) is 13.0. The fourth-order valence-electron chi connectivity index (χ4n) is 2.16. The molecule has 0 aromatic heterocycles. The number of phenols is 1. The topological polar surface area (TPSA) is 40.5 Å². The number of aromatic hydroxyl groups is 1. The summed E-state index contributed by atoms with van der Waals surface area (Å²) in [5.41, 5.74) is 3.13. The molecule has 2 aromatic carbocycles. The molecule has 94 valence electrons. The van der Waals surface area contributed by atoms with Crippen molar-refractivity contribution >= 4 is 0 Å². The van der Waals surface area contributed by atoms with E-state index in [4.69, 9.17) is 5.11 Å². The first-order chi connectivity index (χ1) is 8.72. The van der Waals surface area contributed by atoms with Gasteiger partial charge in [-0.15, -0.1) is 0 Å². The van der Waals surface area contributed by atoms with E-state index in [0.717, 1.165) is 11.1 Å². The molecule has 2 heteroatoms. The number of hydrogen-bond acceptors (Lipinski definition) is 2. The lowest BCUT2D eigenvalue weighted by Gasteiger charge is -2.15. The van der Waals surface area contributed by atoms with Gasteiger partial charge in [0, 0.05) is 18.1 Å². The summed E-state index contributed by atoms with van der Waals surface area (Å²) in [6.45, 7) is 2.21. The van der Waals surface area contributed by atoms with Gasteiger partial charge in [-0.2, -0.15) is 0 Å². The van der Waals surface area contributed by atoms with Gasteiger partial charge in [0.05, 0.1) is 0 Å². The average Bonchev–Trinajstić information content (AvgIpc) is 2.41. The molecule has 2 nitrogen and oxygen atoms in total. The van der Waals surface area contributed by atoms with Crippen LogP contribution in [0.2, 0.25) is 0 Å². The molecule has 0 radical (unpaired) electrons. The maximum Gasteiger partial charge on any atom is 0.119 e. The highest BCUT2D eigenvalue weighted by Gasteiger charge is 2.12. The molecule has 0 bridgehead atoms. The van der Waals surface area contributed by atoms with E-state index in [-0.39, 0.29) is 12.5 Å². The van der Waals surface area contributed by atoms with Gasteiger partial charge >= 0.3 is 0 Å². The van der Waals surface area contributed by atoms with Crippen molar-refractivity contribution in [1.82, 2.24) is 0 Å². The second-order valence-electron chi connectivity index (χ2n) is 4.50. The molecule has 1 unspecified atom stereocenters. The molecule has 0 amide bonds. The van der Waals surface area contributed by atoms with Crippen LogP contribution < -0.4 is 0 Å². The normalized spacial score (nSPS) is 12.3. The van der Waals surface area contributed by atoms with Gasteiger partial charge in [0.1, 0.15) is 5.75 Å². The zero-order valence-corrected chi connectivity index (χ0v) is 10.5. The Morgan fingerprint density at radius 3 is 2.44 bits per heavy atom. The van der Waals surface area contributed by atoms with Crippen LogP contribution in [0.25, 0.3) is 0 Å². The highest BCUT2D eigenvalue weighted by molar-refractivity contribution is 5.43. The van der Waals surface area contributed by atoms with E-state index in [1.54, 1.807) is 6.07 Å². The molecule has 1 atom stereocenters. The first kappa shape index (κ1) is 12.7. The van der Waals surface area contributed by atoms with Gasteiger partial charge in [-0.3, -0.25) is 0 Å². The van der Waals surface area contributed by atoms with E-state index in [1.165, 1.54) is 5.56 Å². The average molecular weight is 242 g/mol. The number of hydrogen-bond donors (Lipinski definition) is 2. The van der Waals surface area contributed by atoms with Gasteiger partial charge < -0.3 is 10.2 Å². The summed E-state index contributed by atoms with van der Waals surface area (Å²) >= 11 is 0. The third-order valence-corrected chi connectivity index (χ3v) is 3.26. The van der Waals surface area contributed by atoms with Crippen LogP contribution in [-0.2, 0) is 6.42 Å². The molecule has 0 heterocycles. The Kier molecular flexibility index (Phi) is 4.00. The summed E-state index contributed by atoms with van der Waals surface area (Å²) in [4.78, 5) is 0. The van der Waals surface area contributed by atoms with Crippen molar-refractivity contribution in [3.8, 4) is 5.75 Å².